The summed E-state index contributed by atoms with van der Waals surface area (Å²) in [5.74, 6) is 6.71. The second kappa shape index (κ2) is 21.2. The molecule has 0 saturated carbocycles. The molecule has 0 radical (unpaired) electrons. The highest BCUT2D eigenvalue weighted by Crippen LogP contribution is 2.44. The zero-order valence-electron chi connectivity index (χ0n) is 41.0. The second-order valence-corrected chi connectivity index (χ2v) is 27.5. The fourth-order valence-electron chi connectivity index (χ4n) is 5.87. The minimum absolute atomic E-state index is 0.0932. The van der Waals surface area contributed by atoms with E-state index >= 15 is 0 Å². The van der Waals surface area contributed by atoms with Crippen LogP contribution in [0.25, 0.3) is 23.3 Å². The molecular weight excluding hydrogens is 817 g/mol. The van der Waals surface area contributed by atoms with Crippen LogP contribution in [0.3, 0.4) is 0 Å². The molecule has 62 heavy (non-hydrogen) atoms. The lowest BCUT2D eigenvalue weighted by molar-refractivity contribution is 0.324. The molecule has 0 aliphatic rings. The van der Waals surface area contributed by atoms with Gasteiger partial charge in [-0.3, -0.25) is 0 Å². The van der Waals surface area contributed by atoms with Crippen LogP contribution < -0.4 is 46.7 Å². The Hall–Kier alpha value is -5.21. The van der Waals surface area contributed by atoms with E-state index in [0.29, 0.717) is 34.5 Å². The average Bonchev–Trinajstić information content (AvgIpc) is 3.21. The fraction of sp³-hybridized carbons (Fsp3) is 0.440. The molecule has 0 spiro atoms. The maximum atomic E-state index is 6.55. The van der Waals surface area contributed by atoms with Crippen molar-refractivity contribution in [3.05, 3.63) is 82.9 Å². The van der Waals surface area contributed by atoms with Crippen LogP contribution in [0.4, 0.5) is 0 Å². The van der Waals surface area contributed by atoms with E-state index in [2.05, 4.69) is 93.7 Å². The molecule has 0 unspecified atom stereocenters. The Morgan fingerprint density at radius 3 is 0.887 bits per heavy atom. The van der Waals surface area contributed by atoms with Crippen LogP contribution in [0, 0.1) is 0 Å². The lowest BCUT2D eigenvalue weighted by Gasteiger charge is -2.36. The van der Waals surface area contributed by atoms with Crippen LogP contribution in [0.5, 0.6) is 57.5 Å². The lowest BCUT2D eigenvalue weighted by atomic mass is 10.0. The third-order valence-corrected chi connectivity index (χ3v) is 20.4. The molecule has 0 fully saturated rings. The van der Waals surface area contributed by atoms with Crippen LogP contribution in [-0.4, -0.2) is 73.5 Å². The van der Waals surface area contributed by atoms with Gasteiger partial charge in [0.1, 0.15) is 11.5 Å². The SMILES string of the molecule is COc1ccc(/C=C(/C)c2cc(OC)c(OC)c(OC)c2)cc1O[Si](C)(C)C(C)(C)C.COc1ccc(/C=C(\C)c2cc(OC)c(OC)c(OC)c2)cc1O[Si](C)(C)C(C)(C)C. The number of allylic oxidation sites excluding steroid dienone is 2. The number of rotatable bonds is 16. The third kappa shape index (κ3) is 12.5. The van der Waals surface area contributed by atoms with E-state index in [1.54, 1.807) is 56.9 Å². The molecule has 0 bridgehead atoms. The molecule has 12 heteroatoms. The summed E-state index contributed by atoms with van der Waals surface area (Å²) in [5.41, 5.74) is 6.14. The first kappa shape index (κ1) is 51.1. The summed E-state index contributed by atoms with van der Waals surface area (Å²) < 4.78 is 57.1. The van der Waals surface area contributed by atoms with Crippen molar-refractivity contribution in [2.24, 2.45) is 0 Å². The van der Waals surface area contributed by atoms with Crippen molar-refractivity contribution < 1.29 is 46.7 Å². The molecule has 10 nitrogen and oxygen atoms in total. The Balaban J connectivity index is 0.000000330. The molecular formula is C50H72O10Si2. The molecule has 4 rings (SSSR count). The Morgan fingerprint density at radius 1 is 0.387 bits per heavy atom. The molecule has 0 heterocycles. The van der Waals surface area contributed by atoms with Gasteiger partial charge in [0.15, 0.2) is 34.5 Å². The second-order valence-electron chi connectivity index (χ2n) is 18.0. The van der Waals surface area contributed by atoms with Gasteiger partial charge in [0.05, 0.1) is 56.9 Å². The van der Waals surface area contributed by atoms with E-state index in [4.69, 9.17) is 46.7 Å². The predicted molar refractivity (Wildman–Crippen MR) is 261 cm³/mol. The largest absolute Gasteiger partial charge is 0.541 e. The summed E-state index contributed by atoms with van der Waals surface area (Å²) in [6, 6.07) is 19.8. The number of ether oxygens (including phenoxy) is 8. The van der Waals surface area contributed by atoms with Crippen LogP contribution in [0.15, 0.2) is 60.7 Å². The lowest BCUT2D eigenvalue weighted by Crippen LogP contribution is -2.43. The molecule has 0 amide bonds. The normalized spacial score (nSPS) is 12.4. The van der Waals surface area contributed by atoms with Crippen molar-refractivity contribution >= 4 is 39.9 Å². The van der Waals surface area contributed by atoms with Gasteiger partial charge in [-0.15, -0.1) is 0 Å². The van der Waals surface area contributed by atoms with Gasteiger partial charge < -0.3 is 46.7 Å². The summed E-state index contributed by atoms with van der Waals surface area (Å²) in [5, 5.41) is 0.186. The number of hydrogen-bond donors (Lipinski definition) is 0. The summed E-state index contributed by atoms with van der Waals surface area (Å²) in [4.78, 5) is 0. The van der Waals surface area contributed by atoms with E-state index in [1.165, 1.54) is 0 Å². The average molecular weight is 889 g/mol. The standard InChI is InChI=1S/2C25H36O5Si/c2*1-17(19-15-22(27-6)24(29-8)23(16-19)28-7)13-18-11-12-20(26-5)21(14-18)30-31(9,10)25(2,3)4/h2*11-16H,1-10H3/b17-13+;17-13-. The first-order valence-electron chi connectivity index (χ1n) is 20.7. The van der Waals surface area contributed by atoms with Crippen molar-refractivity contribution in [2.45, 2.75) is 91.7 Å². The Labute approximate surface area is 374 Å². The maximum Gasteiger partial charge on any atom is 0.250 e. The molecule has 0 atom stereocenters. The fourth-order valence-corrected chi connectivity index (χ4v) is 7.90. The smallest absolute Gasteiger partial charge is 0.250 e. The Kier molecular flexibility index (Phi) is 17.5. The first-order chi connectivity index (χ1) is 28.9. The topological polar surface area (TPSA) is 92.3 Å². The maximum absolute atomic E-state index is 6.55. The van der Waals surface area contributed by atoms with Crippen LogP contribution in [-0.2, 0) is 0 Å². The van der Waals surface area contributed by atoms with Crippen molar-refractivity contribution in [2.75, 3.05) is 56.9 Å². The minimum Gasteiger partial charge on any atom is -0.541 e. The molecule has 0 aliphatic heterocycles. The van der Waals surface area contributed by atoms with Gasteiger partial charge in [0, 0.05) is 0 Å². The highest BCUT2D eigenvalue weighted by atomic mass is 28.4. The zero-order chi connectivity index (χ0) is 46.8. The molecule has 340 valence electrons. The monoisotopic (exact) mass is 888 g/mol. The summed E-state index contributed by atoms with van der Waals surface area (Å²) in [6.07, 6.45) is 4.22. The molecule has 0 aromatic heterocycles. The van der Waals surface area contributed by atoms with E-state index in [-0.39, 0.29) is 10.1 Å². The van der Waals surface area contributed by atoms with Crippen molar-refractivity contribution in [3.8, 4) is 57.5 Å². The van der Waals surface area contributed by atoms with Crippen molar-refractivity contribution in [1.29, 1.82) is 0 Å². The highest BCUT2D eigenvalue weighted by molar-refractivity contribution is 6.75. The first-order valence-corrected chi connectivity index (χ1v) is 26.5. The van der Waals surface area contributed by atoms with Crippen molar-refractivity contribution in [1.82, 2.24) is 0 Å². The molecule has 0 N–H and O–H groups in total. The zero-order valence-corrected chi connectivity index (χ0v) is 43.0. The van der Waals surface area contributed by atoms with Crippen LogP contribution >= 0.6 is 0 Å². The van der Waals surface area contributed by atoms with Crippen molar-refractivity contribution in [3.63, 3.8) is 0 Å². The summed E-state index contributed by atoms with van der Waals surface area (Å²) >= 11 is 0. The van der Waals surface area contributed by atoms with E-state index in [9.17, 15) is 0 Å². The van der Waals surface area contributed by atoms with Gasteiger partial charge in [0.2, 0.25) is 11.5 Å². The molecule has 4 aromatic carbocycles. The quantitative estimate of drug-likeness (QED) is 0.0800. The minimum atomic E-state index is -2.00. The third-order valence-electron chi connectivity index (χ3n) is 11.7. The van der Waals surface area contributed by atoms with Gasteiger partial charge in [-0.2, -0.15) is 0 Å². The van der Waals surface area contributed by atoms with Gasteiger partial charge in [-0.1, -0.05) is 65.8 Å². The number of benzene rings is 4. The van der Waals surface area contributed by atoms with E-state index in [0.717, 1.165) is 56.4 Å². The Morgan fingerprint density at radius 2 is 0.661 bits per heavy atom. The van der Waals surface area contributed by atoms with Gasteiger partial charge in [-0.05, 0) is 132 Å². The molecule has 0 aliphatic carbocycles. The molecule has 4 aromatic rings. The van der Waals surface area contributed by atoms with E-state index in [1.807, 2.05) is 60.7 Å². The van der Waals surface area contributed by atoms with Gasteiger partial charge in [-0.25, -0.2) is 0 Å². The van der Waals surface area contributed by atoms with Gasteiger partial charge >= 0.3 is 0 Å². The predicted octanol–water partition coefficient (Wildman–Crippen LogP) is 13.3. The van der Waals surface area contributed by atoms with Crippen LogP contribution in [0.1, 0.15) is 77.6 Å². The highest BCUT2D eigenvalue weighted by Gasteiger charge is 2.40. The number of hydrogen-bond acceptors (Lipinski definition) is 10. The van der Waals surface area contributed by atoms with Crippen LogP contribution in [0.2, 0.25) is 36.3 Å². The number of methoxy groups -OCH3 is 8. The summed E-state index contributed by atoms with van der Waals surface area (Å²) in [7, 11) is 9.01. The van der Waals surface area contributed by atoms with E-state index < -0.39 is 16.6 Å². The molecule has 0 saturated heterocycles. The summed E-state index contributed by atoms with van der Waals surface area (Å²) in [6.45, 7) is 26.4. The Bertz CT molecular complexity index is 1990. The van der Waals surface area contributed by atoms with Gasteiger partial charge in [0.25, 0.3) is 16.6 Å².